The van der Waals surface area contributed by atoms with Crippen molar-refractivity contribution in [1.29, 1.82) is 0 Å². The summed E-state index contributed by atoms with van der Waals surface area (Å²) < 4.78 is 40.5. The first kappa shape index (κ1) is 17.4. The lowest BCUT2D eigenvalue weighted by Gasteiger charge is -2.32. The highest BCUT2D eigenvalue weighted by molar-refractivity contribution is 7.89. The molecule has 4 rings (SSSR count). The minimum absolute atomic E-state index is 0.0690. The fourth-order valence-electron chi connectivity index (χ4n) is 3.67. The van der Waals surface area contributed by atoms with E-state index < -0.39 is 21.8 Å². The fourth-order valence-corrected chi connectivity index (χ4v) is 5.44. The van der Waals surface area contributed by atoms with Gasteiger partial charge in [0.25, 0.3) is 0 Å². The number of carbonyl (C=O) groups excluding carboxylic acids is 1. The number of rotatable bonds is 2. The van der Waals surface area contributed by atoms with Crippen molar-refractivity contribution in [1.82, 2.24) is 9.29 Å². The van der Waals surface area contributed by atoms with Gasteiger partial charge in [-0.1, -0.05) is 11.6 Å². The van der Waals surface area contributed by atoms with Gasteiger partial charge in [0, 0.05) is 44.1 Å². The van der Waals surface area contributed by atoms with Gasteiger partial charge in [0.1, 0.15) is 5.82 Å². The van der Waals surface area contributed by atoms with E-state index >= 15 is 0 Å². The van der Waals surface area contributed by atoms with Crippen LogP contribution in [0.4, 0.5) is 10.1 Å². The Balaban J connectivity index is 1.72. The van der Waals surface area contributed by atoms with Gasteiger partial charge in [0.05, 0.1) is 15.8 Å². The molecule has 2 aromatic rings. The third kappa shape index (κ3) is 2.52. The largest absolute Gasteiger partial charge is 0.315 e. The predicted molar refractivity (Wildman–Crippen MR) is 94.0 cm³/mol. The second-order valence-electron chi connectivity index (χ2n) is 6.44. The number of benzene rings is 1. The number of anilines is 1. The van der Waals surface area contributed by atoms with Crippen LogP contribution in [0.5, 0.6) is 0 Å². The second-order valence-corrected chi connectivity index (χ2v) is 8.79. The van der Waals surface area contributed by atoms with E-state index in [1.165, 1.54) is 10.4 Å². The van der Waals surface area contributed by atoms with Crippen LogP contribution in [0.15, 0.2) is 41.6 Å². The van der Waals surface area contributed by atoms with Crippen molar-refractivity contribution in [3.05, 3.63) is 53.1 Å². The van der Waals surface area contributed by atoms with E-state index in [1.54, 1.807) is 30.4 Å². The zero-order valence-electron chi connectivity index (χ0n) is 13.8. The maximum atomic E-state index is 13.4. The third-order valence-corrected chi connectivity index (χ3v) is 7.17. The lowest BCUT2D eigenvalue weighted by Crippen LogP contribution is -2.41. The monoisotopic (exact) mass is 395 g/mol. The zero-order chi connectivity index (χ0) is 18.6. The van der Waals surface area contributed by atoms with Crippen LogP contribution in [0.3, 0.4) is 0 Å². The van der Waals surface area contributed by atoms with Gasteiger partial charge in [-0.25, -0.2) is 12.8 Å². The minimum atomic E-state index is -3.89. The Morgan fingerprint density at radius 2 is 1.96 bits per heavy atom. The highest BCUT2D eigenvalue weighted by Gasteiger charge is 2.48. The molecule has 0 N–H and O–H groups in total. The first-order valence-electron chi connectivity index (χ1n) is 7.97. The molecule has 0 aliphatic carbocycles. The molecule has 0 radical (unpaired) electrons. The number of fused-ring (bicyclic) bond motifs is 3. The molecule has 1 saturated heterocycles. The topological polar surface area (TPSA) is 70.6 Å². The molecule has 2 atom stereocenters. The number of amides is 1. The summed E-state index contributed by atoms with van der Waals surface area (Å²) in [4.78, 5) is 18.3. The van der Waals surface area contributed by atoms with Gasteiger partial charge in [-0.3, -0.25) is 9.78 Å². The number of halogens is 2. The summed E-state index contributed by atoms with van der Waals surface area (Å²) in [6, 6.07) is 5.05. The molecular formula is C17H15ClFN3O3S. The Bertz CT molecular complexity index is 1010. The van der Waals surface area contributed by atoms with E-state index in [4.69, 9.17) is 11.6 Å². The van der Waals surface area contributed by atoms with E-state index in [9.17, 15) is 17.6 Å². The number of hydrogen-bond donors (Lipinski definition) is 0. The van der Waals surface area contributed by atoms with E-state index in [0.717, 1.165) is 23.4 Å². The Kier molecular flexibility index (Phi) is 4.02. The molecule has 1 aromatic carbocycles. The van der Waals surface area contributed by atoms with Gasteiger partial charge >= 0.3 is 0 Å². The summed E-state index contributed by atoms with van der Waals surface area (Å²) in [6.45, 7) is 0.236. The van der Waals surface area contributed by atoms with Crippen molar-refractivity contribution in [2.45, 2.75) is 10.8 Å². The van der Waals surface area contributed by atoms with Crippen molar-refractivity contribution < 1.29 is 17.6 Å². The first-order chi connectivity index (χ1) is 12.3. The summed E-state index contributed by atoms with van der Waals surface area (Å²) in [5.41, 5.74) is 1.60. The number of nitrogens with zero attached hydrogens (tertiary/aromatic N) is 3. The number of sulfonamides is 1. The molecule has 9 heteroatoms. The van der Waals surface area contributed by atoms with Gasteiger partial charge in [0.15, 0.2) is 0 Å². The molecular weight excluding hydrogens is 381 g/mol. The van der Waals surface area contributed by atoms with Crippen LogP contribution in [0.1, 0.15) is 11.5 Å². The summed E-state index contributed by atoms with van der Waals surface area (Å²) in [7, 11) is -2.21. The molecule has 1 fully saturated rings. The van der Waals surface area contributed by atoms with Crippen molar-refractivity contribution in [2.24, 2.45) is 5.92 Å². The molecule has 1 aromatic heterocycles. The van der Waals surface area contributed by atoms with Gasteiger partial charge < -0.3 is 4.90 Å². The highest BCUT2D eigenvalue weighted by atomic mass is 35.5. The summed E-state index contributed by atoms with van der Waals surface area (Å²) in [5, 5.41) is -0.256. The van der Waals surface area contributed by atoms with Gasteiger partial charge in [-0.2, -0.15) is 4.31 Å². The lowest BCUT2D eigenvalue weighted by molar-refractivity contribution is -0.122. The molecule has 1 amide bonds. The van der Waals surface area contributed by atoms with Crippen LogP contribution in [0.25, 0.3) is 0 Å². The smallest absolute Gasteiger partial charge is 0.243 e. The average Bonchev–Trinajstić information content (AvgIpc) is 3.08. The van der Waals surface area contributed by atoms with Gasteiger partial charge in [-0.05, 0) is 29.8 Å². The molecule has 0 unspecified atom stereocenters. The van der Waals surface area contributed by atoms with Crippen LogP contribution in [-0.4, -0.2) is 43.8 Å². The van der Waals surface area contributed by atoms with E-state index in [2.05, 4.69) is 4.98 Å². The van der Waals surface area contributed by atoms with E-state index in [0.29, 0.717) is 0 Å². The molecule has 6 nitrogen and oxygen atoms in total. The van der Waals surface area contributed by atoms with Crippen LogP contribution in [-0.2, 0) is 14.8 Å². The van der Waals surface area contributed by atoms with Crippen molar-refractivity contribution in [2.75, 3.05) is 25.0 Å². The summed E-state index contributed by atoms with van der Waals surface area (Å²) >= 11 is 5.73. The molecule has 0 saturated carbocycles. The third-order valence-electron chi connectivity index (χ3n) is 5.05. The van der Waals surface area contributed by atoms with Crippen LogP contribution in [0.2, 0.25) is 5.02 Å². The number of pyridine rings is 1. The van der Waals surface area contributed by atoms with Gasteiger partial charge in [-0.15, -0.1) is 0 Å². The quantitative estimate of drug-likeness (QED) is 0.782. The maximum Gasteiger partial charge on any atom is 0.243 e. The van der Waals surface area contributed by atoms with E-state index in [1.807, 2.05) is 0 Å². The van der Waals surface area contributed by atoms with Crippen LogP contribution >= 0.6 is 11.6 Å². The lowest BCUT2D eigenvalue weighted by atomic mass is 9.84. The first-order valence-corrected chi connectivity index (χ1v) is 9.79. The predicted octanol–water partition coefficient (Wildman–Crippen LogP) is 2.25. The normalized spacial score (nSPS) is 23.0. The molecule has 2 aliphatic heterocycles. The number of aromatic nitrogens is 1. The van der Waals surface area contributed by atoms with Crippen LogP contribution < -0.4 is 4.90 Å². The Morgan fingerprint density at radius 3 is 2.69 bits per heavy atom. The Hall–Kier alpha value is -2.03. The standard InChI is InChI=1S/C17H15ClFN3O3S/c1-21-16-4-5-20-7-11(16)12-8-22(9-13(12)17(21)23)26(24,25)10-2-3-15(19)14(18)6-10/h2-7,12-13H,8-9H2,1H3/t12-,13-/m1/s1. The van der Waals surface area contributed by atoms with Crippen molar-refractivity contribution >= 4 is 33.2 Å². The number of hydrogen-bond acceptors (Lipinski definition) is 4. The average molecular weight is 396 g/mol. The molecule has 0 spiro atoms. The molecule has 0 bridgehead atoms. The van der Waals surface area contributed by atoms with Gasteiger partial charge in [0.2, 0.25) is 15.9 Å². The Labute approximate surface area is 155 Å². The Morgan fingerprint density at radius 1 is 1.23 bits per heavy atom. The molecule has 26 heavy (non-hydrogen) atoms. The highest BCUT2D eigenvalue weighted by Crippen LogP contribution is 2.44. The summed E-state index contributed by atoms with van der Waals surface area (Å²) in [5.74, 6) is -1.53. The maximum absolute atomic E-state index is 13.4. The summed E-state index contributed by atoms with van der Waals surface area (Å²) in [6.07, 6.45) is 3.29. The fraction of sp³-hybridized carbons (Fsp3) is 0.294. The molecule has 2 aliphatic rings. The van der Waals surface area contributed by atoms with Crippen molar-refractivity contribution in [3.8, 4) is 0 Å². The van der Waals surface area contributed by atoms with E-state index in [-0.39, 0.29) is 34.8 Å². The minimum Gasteiger partial charge on any atom is -0.315 e. The number of carbonyl (C=O) groups is 1. The zero-order valence-corrected chi connectivity index (χ0v) is 15.3. The molecule has 3 heterocycles. The SMILES string of the molecule is CN1C(=O)[C@@H]2CN(S(=O)(=O)c3ccc(F)c(Cl)c3)C[C@@H]2c2cnccc21. The van der Waals surface area contributed by atoms with Crippen LogP contribution in [0, 0.1) is 11.7 Å². The second kappa shape index (κ2) is 6.00. The van der Waals surface area contributed by atoms with Crippen molar-refractivity contribution in [3.63, 3.8) is 0 Å². The molecule has 136 valence electrons.